The first-order valence-corrected chi connectivity index (χ1v) is 27.0. The fraction of sp³-hybridized carbons (Fsp3) is 0.159. The summed E-state index contributed by atoms with van der Waals surface area (Å²) in [5.41, 5.74) is 35.4. The smallest absolute Gasteiger partial charge is 0.159 e. The summed E-state index contributed by atoms with van der Waals surface area (Å²) in [6.07, 6.45) is 31.3. The SMILES string of the molecule is C=C(Nc1cncc(-c2ccc(F)cc2)c1C)C(=C)c1cc(-c2cncc(C3=CC=CCC3)c2)ccc1N.C=C/C(=C\C(=C/C)c1ccc2[nH]nc(-c3nc(/C(=C\C)c4ccc(F)cc4)c(CC)[nH]3)c2c1)C1CCC1.C=CN.C=CN. The van der Waals surface area contributed by atoms with Crippen molar-refractivity contribution >= 4 is 44.6 Å². The molecule has 2 aliphatic rings. The number of nitrogens with one attached hydrogen (secondary N) is 3. The Morgan fingerprint density at radius 3 is 2.09 bits per heavy atom. The molecule has 0 bridgehead atoms. The maximum atomic E-state index is 13.5. The van der Waals surface area contributed by atoms with Gasteiger partial charge in [0.05, 0.1) is 23.1 Å². The molecule has 1 saturated carbocycles. The number of pyridine rings is 2. The fourth-order valence-electron chi connectivity index (χ4n) is 9.63. The number of aryl methyl sites for hydroxylation is 1. The topological polar surface area (TPSA) is 173 Å². The van der Waals surface area contributed by atoms with Gasteiger partial charge in [-0.05, 0) is 181 Å². The number of hydrogen-bond donors (Lipinski definition) is 6. The van der Waals surface area contributed by atoms with Crippen molar-refractivity contribution in [1.29, 1.82) is 0 Å². The maximum absolute atomic E-state index is 13.5. The van der Waals surface area contributed by atoms with Gasteiger partial charge in [-0.25, -0.2) is 13.8 Å². The Kier molecular flexibility index (Phi) is 20.6. The van der Waals surface area contributed by atoms with E-state index in [9.17, 15) is 8.78 Å². The number of benzene rings is 4. The first-order chi connectivity index (χ1) is 39.3. The molecule has 81 heavy (non-hydrogen) atoms. The van der Waals surface area contributed by atoms with Crippen LogP contribution in [0, 0.1) is 24.5 Å². The van der Waals surface area contributed by atoms with E-state index in [4.69, 9.17) is 10.7 Å². The van der Waals surface area contributed by atoms with E-state index in [1.165, 1.54) is 72.6 Å². The van der Waals surface area contributed by atoms with Crippen LogP contribution >= 0.6 is 0 Å². The summed E-state index contributed by atoms with van der Waals surface area (Å²) in [6.45, 7) is 27.0. The lowest BCUT2D eigenvalue weighted by molar-refractivity contribution is 0.374. The van der Waals surface area contributed by atoms with Gasteiger partial charge in [-0.1, -0.05) is 125 Å². The van der Waals surface area contributed by atoms with Gasteiger partial charge in [-0.2, -0.15) is 5.10 Å². The number of anilines is 2. The van der Waals surface area contributed by atoms with Gasteiger partial charge in [-0.15, -0.1) is 0 Å². The Bertz CT molecular complexity index is 3710. The maximum Gasteiger partial charge on any atom is 0.159 e. The molecule has 10 nitrogen and oxygen atoms in total. The third-order valence-corrected chi connectivity index (χ3v) is 14.3. The largest absolute Gasteiger partial charge is 0.405 e. The van der Waals surface area contributed by atoms with Crippen molar-refractivity contribution in [3.63, 3.8) is 0 Å². The van der Waals surface area contributed by atoms with Crippen LogP contribution in [0.2, 0.25) is 0 Å². The predicted octanol–water partition coefficient (Wildman–Crippen LogP) is 16.8. The standard InChI is InChI=1S/C33H29FN4.C32H33FN4.2C2H5N/c1-21(23(3)38-33-20-37-19-31(22(33)2)25-9-12-29(34)13-10-25)30-16-26(11-14-32(30)35)28-15-27(17-36-18-28)24-7-5-4-6-8-24;1-5-20(22-10-9-11-22)18-21(6-2)24-14-17-29-27(19-24)31(37-36-29)32-34-28(8-4)30(35-32)26(7-3)23-12-15-25(33)16-13-23;2*1-2-3/h4-5,7,9-20,38H,1,3,6,8,35H2,2H3;5-7,12-19,22H,1,8-11H2,2-4H3,(H,34,35)(H,36,37);2*2H,1,3H2/b;20-18+,21-6+,26-7-;;. The summed E-state index contributed by atoms with van der Waals surface area (Å²) >= 11 is 0. The zero-order valence-corrected chi connectivity index (χ0v) is 46.8. The van der Waals surface area contributed by atoms with Crippen LogP contribution in [0.1, 0.15) is 92.1 Å². The molecule has 0 saturated heterocycles. The highest BCUT2D eigenvalue weighted by molar-refractivity contribution is 5.95. The average Bonchev–Trinajstić information content (AvgIpc) is 4.34. The molecule has 0 spiro atoms. The van der Waals surface area contributed by atoms with Crippen molar-refractivity contribution in [1.82, 2.24) is 30.1 Å². The van der Waals surface area contributed by atoms with Crippen LogP contribution in [0.15, 0.2) is 215 Å². The van der Waals surface area contributed by atoms with Crippen molar-refractivity contribution in [2.75, 3.05) is 11.1 Å². The Labute approximate surface area is 475 Å². The van der Waals surface area contributed by atoms with Crippen molar-refractivity contribution < 1.29 is 8.78 Å². The van der Waals surface area contributed by atoms with E-state index >= 15 is 0 Å². The molecule has 2 aliphatic carbocycles. The molecular formula is C69H72F2N10. The van der Waals surface area contributed by atoms with E-state index in [-0.39, 0.29) is 11.6 Å². The van der Waals surface area contributed by atoms with E-state index in [2.05, 4.69) is 143 Å². The Morgan fingerprint density at radius 2 is 1.46 bits per heavy atom. The molecule has 1 fully saturated rings. The minimum Gasteiger partial charge on any atom is -0.405 e. The summed E-state index contributed by atoms with van der Waals surface area (Å²) < 4.78 is 27.0. The zero-order chi connectivity index (χ0) is 58.0. The molecule has 412 valence electrons. The molecule has 10 rings (SSSR count). The van der Waals surface area contributed by atoms with Gasteiger partial charge in [0.2, 0.25) is 0 Å². The summed E-state index contributed by atoms with van der Waals surface area (Å²) in [6, 6.07) is 27.4. The molecule has 0 atom stereocenters. The molecule has 12 heteroatoms. The number of nitrogens with two attached hydrogens (primary N) is 3. The second-order valence-corrected chi connectivity index (χ2v) is 19.4. The van der Waals surface area contributed by atoms with Crippen LogP contribution in [0.3, 0.4) is 0 Å². The molecule has 8 aromatic rings. The molecule has 9 N–H and O–H groups in total. The van der Waals surface area contributed by atoms with Crippen LogP contribution in [-0.4, -0.2) is 30.1 Å². The Hall–Kier alpha value is -9.68. The monoisotopic (exact) mass is 1080 g/mol. The number of aromatic amines is 2. The van der Waals surface area contributed by atoms with Gasteiger partial charge in [0, 0.05) is 63.3 Å². The molecule has 0 aliphatic heterocycles. The number of allylic oxidation sites excluding steroid dienone is 11. The van der Waals surface area contributed by atoms with E-state index in [0.29, 0.717) is 22.9 Å². The number of nitrogen functional groups attached to an aromatic ring is 1. The van der Waals surface area contributed by atoms with Crippen LogP contribution < -0.4 is 22.5 Å². The highest BCUT2D eigenvalue weighted by atomic mass is 19.1. The third-order valence-electron chi connectivity index (χ3n) is 14.3. The van der Waals surface area contributed by atoms with Gasteiger partial charge >= 0.3 is 0 Å². The summed E-state index contributed by atoms with van der Waals surface area (Å²) in [5, 5.41) is 12.2. The van der Waals surface area contributed by atoms with Gasteiger partial charge in [-0.3, -0.25) is 15.1 Å². The molecule has 0 unspecified atom stereocenters. The highest BCUT2D eigenvalue weighted by Gasteiger charge is 2.22. The third kappa shape index (κ3) is 14.3. The molecule has 4 aromatic carbocycles. The number of halogens is 2. The van der Waals surface area contributed by atoms with Gasteiger partial charge in [0.15, 0.2) is 5.82 Å². The number of nitrogens with zero attached hydrogens (tertiary/aromatic N) is 4. The van der Waals surface area contributed by atoms with Crippen LogP contribution in [0.4, 0.5) is 20.2 Å². The fourth-order valence-corrected chi connectivity index (χ4v) is 9.63. The Morgan fingerprint density at radius 1 is 0.790 bits per heavy atom. The molecule has 4 heterocycles. The first kappa shape index (κ1) is 59.0. The number of H-pyrrole nitrogens is 2. The quantitative estimate of drug-likeness (QED) is 0.0435. The van der Waals surface area contributed by atoms with E-state index < -0.39 is 0 Å². The lowest BCUT2D eigenvalue weighted by Crippen LogP contribution is -2.12. The van der Waals surface area contributed by atoms with Gasteiger partial charge in [0.1, 0.15) is 17.3 Å². The minimum atomic E-state index is -0.274. The number of imidazole rings is 1. The van der Waals surface area contributed by atoms with Crippen LogP contribution in [-0.2, 0) is 6.42 Å². The minimum absolute atomic E-state index is 0.250. The van der Waals surface area contributed by atoms with E-state index in [1.807, 2.05) is 56.6 Å². The Balaban J connectivity index is 0.000000213. The first-order valence-electron chi connectivity index (χ1n) is 27.0. The van der Waals surface area contributed by atoms with E-state index in [0.717, 1.165) is 114 Å². The lowest BCUT2D eigenvalue weighted by atomic mass is 9.78. The molecule has 0 amide bonds. The second-order valence-electron chi connectivity index (χ2n) is 19.4. The van der Waals surface area contributed by atoms with Gasteiger partial charge < -0.3 is 27.5 Å². The van der Waals surface area contributed by atoms with Crippen LogP contribution in [0.25, 0.3) is 67.0 Å². The molecular weight excluding hydrogens is 1010 g/mol. The van der Waals surface area contributed by atoms with E-state index in [1.54, 1.807) is 36.7 Å². The van der Waals surface area contributed by atoms with Crippen LogP contribution in [0.5, 0.6) is 0 Å². The van der Waals surface area contributed by atoms with Crippen molar-refractivity contribution in [3.05, 3.63) is 266 Å². The van der Waals surface area contributed by atoms with Gasteiger partial charge in [0.25, 0.3) is 0 Å². The van der Waals surface area contributed by atoms with Crippen molar-refractivity contribution in [3.8, 4) is 33.8 Å². The summed E-state index contributed by atoms with van der Waals surface area (Å²) in [5.74, 6) is 0.815. The number of fused-ring (bicyclic) bond motifs is 1. The predicted molar refractivity (Wildman–Crippen MR) is 337 cm³/mol. The summed E-state index contributed by atoms with van der Waals surface area (Å²) in [4.78, 5) is 17.4. The highest BCUT2D eigenvalue weighted by Crippen LogP contribution is 2.38. The van der Waals surface area contributed by atoms with Crippen molar-refractivity contribution in [2.24, 2.45) is 17.4 Å². The number of hydrogen-bond acceptors (Lipinski definition) is 8. The number of aromatic nitrogens is 6. The molecule has 0 radical (unpaired) electrons. The summed E-state index contributed by atoms with van der Waals surface area (Å²) in [7, 11) is 0. The normalized spacial score (nSPS) is 13.2. The van der Waals surface area contributed by atoms with Crippen molar-refractivity contribution in [2.45, 2.75) is 66.2 Å². The lowest BCUT2D eigenvalue weighted by Gasteiger charge is -2.27. The second kappa shape index (κ2) is 28.3. The molecule has 4 aromatic heterocycles. The zero-order valence-electron chi connectivity index (χ0n) is 46.8. The number of rotatable bonds is 15. The average molecular weight is 1080 g/mol.